The van der Waals surface area contributed by atoms with Crippen LogP contribution in [0.2, 0.25) is 0 Å². The molecule has 7 heteroatoms. The molecule has 0 fully saturated rings. The van der Waals surface area contributed by atoms with Crippen LogP contribution in [0.5, 0.6) is 17.2 Å². The third kappa shape index (κ3) is 6.53. The lowest BCUT2D eigenvalue weighted by atomic mass is 10.0. The van der Waals surface area contributed by atoms with E-state index in [1.165, 1.54) is 0 Å². The molecule has 0 bridgehead atoms. The maximum absolute atomic E-state index is 13.0. The Balaban J connectivity index is 2.23. The molecule has 0 spiro atoms. The van der Waals surface area contributed by atoms with Crippen molar-refractivity contribution >= 4 is 11.6 Å². The summed E-state index contributed by atoms with van der Waals surface area (Å²) in [4.78, 5) is 17.2. The minimum atomic E-state index is -0.188. The van der Waals surface area contributed by atoms with Crippen LogP contribution in [0.25, 0.3) is 0 Å². The van der Waals surface area contributed by atoms with Crippen LogP contribution in [0.1, 0.15) is 42.7 Å². The Labute approximate surface area is 192 Å². The first-order chi connectivity index (χ1) is 15.3. The fourth-order valence-corrected chi connectivity index (χ4v) is 3.40. The summed E-state index contributed by atoms with van der Waals surface area (Å²) in [5.41, 5.74) is 2.75. The van der Waals surface area contributed by atoms with Gasteiger partial charge in [-0.25, -0.2) is 0 Å². The molecule has 0 aromatic heterocycles. The molecule has 1 N–H and O–H groups in total. The van der Waals surface area contributed by atoms with Gasteiger partial charge in [-0.15, -0.1) is 0 Å². The number of anilines is 1. The summed E-state index contributed by atoms with van der Waals surface area (Å²) in [5.74, 6) is 1.36. The second kappa shape index (κ2) is 12.2. The second-order valence-electron chi connectivity index (χ2n) is 7.78. The molecular formula is C25H37N3O4. The predicted octanol–water partition coefficient (Wildman–Crippen LogP) is 3.98. The standard InChI is InChI=1S/C25H37N3O4/c1-8-30-22-15-19(16-23(31-9-2)24(22)32-10-3)25(29)26-17-21(28(6)7)18-11-13-20(14-12-18)27(4)5/h11-16,21H,8-10,17H2,1-7H3,(H,26,29)/t21-/m0/s1. The number of likely N-dealkylation sites (N-methyl/N-ethyl adjacent to an activating group) is 1. The Bertz CT molecular complexity index is 839. The molecule has 1 atom stereocenters. The van der Waals surface area contributed by atoms with Crippen LogP contribution in [0.3, 0.4) is 0 Å². The van der Waals surface area contributed by atoms with Gasteiger partial charge >= 0.3 is 0 Å². The maximum Gasteiger partial charge on any atom is 0.251 e. The summed E-state index contributed by atoms with van der Waals surface area (Å²) in [7, 11) is 8.05. The van der Waals surface area contributed by atoms with E-state index in [2.05, 4.69) is 39.4 Å². The van der Waals surface area contributed by atoms with Crippen molar-refractivity contribution in [3.8, 4) is 17.2 Å². The molecule has 0 radical (unpaired) electrons. The van der Waals surface area contributed by atoms with Crippen molar-refractivity contribution in [2.45, 2.75) is 26.8 Å². The highest BCUT2D eigenvalue weighted by Crippen LogP contribution is 2.39. The topological polar surface area (TPSA) is 63.3 Å². The third-order valence-electron chi connectivity index (χ3n) is 5.04. The Hall–Kier alpha value is -2.93. The van der Waals surface area contributed by atoms with Crippen LogP contribution in [0.15, 0.2) is 36.4 Å². The number of carbonyl (C=O) groups excluding carboxylic acids is 1. The molecule has 32 heavy (non-hydrogen) atoms. The highest BCUT2D eigenvalue weighted by Gasteiger charge is 2.20. The average molecular weight is 444 g/mol. The van der Waals surface area contributed by atoms with Gasteiger partial charge in [-0.1, -0.05) is 12.1 Å². The van der Waals surface area contributed by atoms with Gasteiger partial charge in [0, 0.05) is 31.9 Å². The van der Waals surface area contributed by atoms with E-state index in [9.17, 15) is 4.79 Å². The molecule has 0 saturated heterocycles. The molecule has 2 aromatic carbocycles. The minimum absolute atomic E-state index is 0.0376. The summed E-state index contributed by atoms with van der Waals surface area (Å²) < 4.78 is 17.2. The molecule has 0 heterocycles. The predicted molar refractivity (Wildman–Crippen MR) is 129 cm³/mol. The van der Waals surface area contributed by atoms with E-state index in [4.69, 9.17) is 14.2 Å². The average Bonchev–Trinajstić information content (AvgIpc) is 2.76. The van der Waals surface area contributed by atoms with Gasteiger partial charge in [0.25, 0.3) is 5.91 Å². The fourth-order valence-electron chi connectivity index (χ4n) is 3.40. The molecular weight excluding hydrogens is 406 g/mol. The van der Waals surface area contributed by atoms with Crippen LogP contribution in [0, 0.1) is 0 Å². The number of hydrogen-bond acceptors (Lipinski definition) is 6. The smallest absolute Gasteiger partial charge is 0.251 e. The number of ether oxygens (including phenoxy) is 3. The van der Waals surface area contributed by atoms with Crippen molar-refractivity contribution < 1.29 is 19.0 Å². The zero-order valence-electron chi connectivity index (χ0n) is 20.4. The lowest BCUT2D eigenvalue weighted by Gasteiger charge is -2.26. The van der Waals surface area contributed by atoms with Gasteiger partial charge < -0.3 is 29.3 Å². The highest BCUT2D eigenvalue weighted by atomic mass is 16.5. The van der Waals surface area contributed by atoms with Crippen molar-refractivity contribution in [2.24, 2.45) is 0 Å². The first-order valence-electron chi connectivity index (χ1n) is 11.1. The molecule has 7 nitrogen and oxygen atoms in total. The number of benzene rings is 2. The number of rotatable bonds is 12. The molecule has 0 aliphatic rings. The molecule has 0 aliphatic heterocycles. The zero-order valence-corrected chi connectivity index (χ0v) is 20.4. The lowest BCUT2D eigenvalue weighted by molar-refractivity contribution is 0.0940. The first-order valence-corrected chi connectivity index (χ1v) is 11.1. The number of nitrogens with one attached hydrogen (secondary N) is 1. The van der Waals surface area contributed by atoms with Gasteiger partial charge in [0.15, 0.2) is 11.5 Å². The number of hydrogen-bond donors (Lipinski definition) is 1. The van der Waals surface area contributed by atoms with Crippen LogP contribution in [0.4, 0.5) is 5.69 Å². The normalized spacial score (nSPS) is 11.8. The van der Waals surface area contributed by atoms with Crippen LogP contribution in [-0.2, 0) is 0 Å². The Kier molecular flexibility index (Phi) is 9.65. The van der Waals surface area contributed by atoms with E-state index in [-0.39, 0.29) is 11.9 Å². The molecule has 0 aliphatic carbocycles. The van der Waals surface area contributed by atoms with Gasteiger partial charge in [-0.3, -0.25) is 4.79 Å². The first kappa shape index (κ1) is 25.3. The van der Waals surface area contributed by atoms with Crippen LogP contribution in [-0.4, -0.2) is 65.4 Å². The minimum Gasteiger partial charge on any atom is -0.490 e. The lowest BCUT2D eigenvalue weighted by Crippen LogP contribution is -2.34. The molecule has 176 valence electrons. The van der Waals surface area contributed by atoms with Crippen LogP contribution < -0.4 is 24.4 Å². The van der Waals surface area contributed by atoms with E-state index in [0.717, 1.165) is 11.3 Å². The number of amides is 1. The van der Waals surface area contributed by atoms with Crippen molar-refractivity contribution in [1.29, 1.82) is 0 Å². The van der Waals surface area contributed by atoms with Crippen LogP contribution >= 0.6 is 0 Å². The van der Waals surface area contributed by atoms with Crippen molar-refractivity contribution in [3.05, 3.63) is 47.5 Å². The molecule has 2 rings (SSSR count). The molecule has 0 unspecified atom stereocenters. The Morgan fingerprint density at radius 2 is 1.41 bits per heavy atom. The van der Waals surface area contributed by atoms with E-state index >= 15 is 0 Å². The second-order valence-corrected chi connectivity index (χ2v) is 7.78. The number of nitrogens with zero attached hydrogens (tertiary/aromatic N) is 2. The molecule has 2 aromatic rings. The van der Waals surface area contributed by atoms with E-state index < -0.39 is 0 Å². The van der Waals surface area contributed by atoms with Crippen molar-refractivity contribution in [3.63, 3.8) is 0 Å². The Morgan fingerprint density at radius 3 is 1.84 bits per heavy atom. The van der Waals surface area contributed by atoms with E-state index in [0.29, 0.717) is 49.2 Å². The Morgan fingerprint density at radius 1 is 0.875 bits per heavy atom. The van der Waals surface area contributed by atoms with Gasteiger partial charge in [0.05, 0.1) is 25.9 Å². The third-order valence-corrected chi connectivity index (χ3v) is 5.04. The van der Waals surface area contributed by atoms with Gasteiger partial charge in [0.1, 0.15) is 0 Å². The van der Waals surface area contributed by atoms with Crippen molar-refractivity contribution in [1.82, 2.24) is 10.2 Å². The summed E-state index contributed by atoms with van der Waals surface area (Å²) in [6.45, 7) is 7.55. The molecule has 0 saturated carbocycles. The number of carbonyl (C=O) groups is 1. The summed E-state index contributed by atoms with van der Waals surface area (Å²) in [6, 6.07) is 11.8. The summed E-state index contributed by atoms with van der Waals surface area (Å²) in [6.07, 6.45) is 0. The molecule has 1 amide bonds. The van der Waals surface area contributed by atoms with Crippen molar-refractivity contribution in [2.75, 3.05) is 59.5 Å². The highest BCUT2D eigenvalue weighted by molar-refractivity contribution is 5.95. The van der Waals surface area contributed by atoms with Gasteiger partial charge in [-0.2, -0.15) is 0 Å². The van der Waals surface area contributed by atoms with E-state index in [1.54, 1.807) is 12.1 Å². The SMILES string of the molecule is CCOc1cc(C(=O)NC[C@@H](c2ccc(N(C)C)cc2)N(C)C)cc(OCC)c1OCC. The fraction of sp³-hybridized carbons (Fsp3) is 0.480. The summed E-state index contributed by atoms with van der Waals surface area (Å²) in [5, 5.41) is 3.06. The zero-order chi connectivity index (χ0) is 23.7. The maximum atomic E-state index is 13.0. The van der Waals surface area contributed by atoms with Gasteiger partial charge in [0.2, 0.25) is 5.75 Å². The quantitative estimate of drug-likeness (QED) is 0.535. The summed E-state index contributed by atoms with van der Waals surface area (Å²) >= 11 is 0. The monoisotopic (exact) mass is 443 g/mol. The van der Waals surface area contributed by atoms with Gasteiger partial charge in [-0.05, 0) is 64.7 Å². The largest absolute Gasteiger partial charge is 0.490 e. The van der Waals surface area contributed by atoms with E-state index in [1.807, 2.05) is 49.0 Å².